The van der Waals surface area contributed by atoms with Crippen LogP contribution in [0, 0.1) is 0 Å². The Bertz CT molecular complexity index is 966. The van der Waals surface area contributed by atoms with Gasteiger partial charge in [-0.05, 0) is 30.7 Å². The van der Waals surface area contributed by atoms with Crippen LogP contribution in [0.4, 0.5) is 10.5 Å². The van der Waals surface area contributed by atoms with E-state index in [-0.39, 0.29) is 42.3 Å². The number of pyridine rings is 1. The zero-order valence-corrected chi connectivity index (χ0v) is 16.4. The lowest BCUT2D eigenvalue weighted by atomic mass is 10.2. The van der Waals surface area contributed by atoms with Gasteiger partial charge in [0.05, 0.1) is 11.5 Å². The average molecular weight is 418 g/mol. The molecule has 1 atom stereocenters. The highest BCUT2D eigenvalue weighted by Crippen LogP contribution is 2.26. The molecule has 0 radical (unpaired) electrons. The quantitative estimate of drug-likeness (QED) is 0.628. The van der Waals surface area contributed by atoms with Gasteiger partial charge in [-0.2, -0.15) is 0 Å². The zero-order chi connectivity index (χ0) is 20.7. The van der Waals surface area contributed by atoms with Gasteiger partial charge in [-0.25, -0.2) is 18.2 Å². The molecule has 1 aromatic heterocycles. The molecule has 10 heteroatoms. The number of hydrogen-bond donors (Lipinski definition) is 3. The second-order valence-corrected chi connectivity index (χ2v) is 8.80. The van der Waals surface area contributed by atoms with Crippen molar-refractivity contribution in [2.75, 3.05) is 23.4 Å². The number of nitrogens with one attached hydrogen (secondary N) is 3. The van der Waals surface area contributed by atoms with E-state index in [1.54, 1.807) is 30.5 Å². The van der Waals surface area contributed by atoms with Crippen molar-refractivity contribution in [3.63, 3.8) is 0 Å². The van der Waals surface area contributed by atoms with Gasteiger partial charge in [0.1, 0.15) is 11.4 Å². The number of benzene rings is 1. The number of anilines is 1. The molecule has 0 spiro atoms. The lowest BCUT2D eigenvalue weighted by Gasteiger charge is -2.13. The molecule has 2 aromatic rings. The largest absolute Gasteiger partial charge is 0.437 e. The Morgan fingerprint density at radius 2 is 1.93 bits per heavy atom. The summed E-state index contributed by atoms with van der Waals surface area (Å²) in [6.07, 6.45) is 2.02. The van der Waals surface area contributed by atoms with Crippen molar-refractivity contribution in [3.8, 4) is 11.6 Å². The van der Waals surface area contributed by atoms with Crippen molar-refractivity contribution in [2.45, 2.75) is 18.9 Å². The Labute approximate surface area is 168 Å². The van der Waals surface area contributed by atoms with Crippen molar-refractivity contribution in [1.29, 1.82) is 0 Å². The van der Waals surface area contributed by atoms with Gasteiger partial charge in [-0.3, -0.25) is 4.79 Å². The van der Waals surface area contributed by atoms with E-state index >= 15 is 0 Å². The molecule has 3 rings (SSSR count). The van der Waals surface area contributed by atoms with Crippen LogP contribution in [0.25, 0.3) is 0 Å². The van der Waals surface area contributed by atoms with Crippen LogP contribution in [0.1, 0.15) is 12.8 Å². The first-order valence-corrected chi connectivity index (χ1v) is 11.0. The van der Waals surface area contributed by atoms with Crippen LogP contribution in [-0.4, -0.2) is 49.4 Å². The molecule has 9 nitrogen and oxygen atoms in total. The van der Waals surface area contributed by atoms with E-state index in [1.807, 2.05) is 18.2 Å². The van der Waals surface area contributed by atoms with Gasteiger partial charge in [-0.1, -0.05) is 18.2 Å². The molecule has 29 heavy (non-hydrogen) atoms. The minimum Gasteiger partial charge on any atom is -0.437 e. The third-order valence-corrected chi connectivity index (χ3v) is 5.98. The SMILES string of the molecule is O=C(CCNC(=O)Nc1cccnc1Oc1ccccc1)N[C@@H]1CCS(=O)(=O)C1. The lowest BCUT2D eigenvalue weighted by Crippen LogP contribution is -2.38. The predicted octanol–water partition coefficient (Wildman–Crippen LogP) is 1.69. The molecule has 1 aromatic carbocycles. The number of amides is 3. The van der Waals surface area contributed by atoms with E-state index in [0.29, 0.717) is 17.9 Å². The third kappa shape index (κ3) is 6.46. The Balaban J connectivity index is 1.44. The van der Waals surface area contributed by atoms with E-state index in [0.717, 1.165) is 0 Å². The fourth-order valence-corrected chi connectivity index (χ4v) is 4.51. The molecule has 2 heterocycles. The van der Waals surface area contributed by atoms with E-state index < -0.39 is 15.9 Å². The maximum absolute atomic E-state index is 12.1. The first kappa shape index (κ1) is 20.6. The second kappa shape index (κ2) is 9.37. The van der Waals surface area contributed by atoms with Gasteiger partial charge in [0.15, 0.2) is 9.84 Å². The third-order valence-electron chi connectivity index (χ3n) is 4.21. The minimum absolute atomic E-state index is 0.0299. The number of hydrogen-bond acceptors (Lipinski definition) is 6. The van der Waals surface area contributed by atoms with E-state index in [1.165, 1.54) is 0 Å². The molecule has 1 saturated heterocycles. The Morgan fingerprint density at radius 1 is 1.14 bits per heavy atom. The standard InChI is InChI=1S/C19H22N4O5S/c24-17(22-14-9-12-29(26,27)13-14)8-11-21-19(25)23-16-7-4-10-20-18(16)28-15-5-2-1-3-6-15/h1-7,10,14H,8-9,11-13H2,(H,22,24)(H2,21,23,25)/t14-/m1/s1. The van der Waals surface area contributed by atoms with Crippen molar-refractivity contribution >= 4 is 27.5 Å². The first-order valence-electron chi connectivity index (χ1n) is 9.14. The van der Waals surface area contributed by atoms with Crippen molar-refractivity contribution in [1.82, 2.24) is 15.6 Å². The number of sulfone groups is 1. The smallest absolute Gasteiger partial charge is 0.319 e. The number of nitrogens with zero attached hydrogens (tertiary/aromatic N) is 1. The number of urea groups is 1. The number of carbonyl (C=O) groups excluding carboxylic acids is 2. The summed E-state index contributed by atoms with van der Waals surface area (Å²) in [4.78, 5) is 28.1. The van der Waals surface area contributed by atoms with Gasteiger partial charge in [0.25, 0.3) is 0 Å². The molecule has 0 unspecified atom stereocenters. The summed E-state index contributed by atoms with van der Waals surface area (Å²) >= 11 is 0. The topological polar surface area (TPSA) is 126 Å². The number of aromatic nitrogens is 1. The van der Waals surface area contributed by atoms with Gasteiger partial charge < -0.3 is 20.7 Å². The van der Waals surface area contributed by atoms with Crippen LogP contribution < -0.4 is 20.7 Å². The summed E-state index contributed by atoms with van der Waals surface area (Å²) in [5.74, 6) is 0.589. The molecule has 154 valence electrons. The first-order chi connectivity index (χ1) is 13.9. The average Bonchev–Trinajstić information content (AvgIpc) is 3.02. The summed E-state index contributed by atoms with van der Waals surface area (Å²) in [6, 6.07) is 11.5. The highest BCUT2D eigenvalue weighted by Gasteiger charge is 2.28. The predicted molar refractivity (Wildman–Crippen MR) is 108 cm³/mol. The minimum atomic E-state index is -3.05. The molecule has 0 aliphatic carbocycles. The van der Waals surface area contributed by atoms with Crippen LogP contribution in [0.5, 0.6) is 11.6 Å². The fraction of sp³-hybridized carbons (Fsp3) is 0.316. The summed E-state index contributed by atoms with van der Waals surface area (Å²) in [7, 11) is -3.05. The number of rotatable bonds is 7. The zero-order valence-electron chi connectivity index (χ0n) is 15.6. The van der Waals surface area contributed by atoms with E-state index in [2.05, 4.69) is 20.9 Å². The highest BCUT2D eigenvalue weighted by molar-refractivity contribution is 7.91. The monoisotopic (exact) mass is 418 g/mol. The molecule has 1 aliphatic heterocycles. The van der Waals surface area contributed by atoms with Crippen LogP contribution in [0.15, 0.2) is 48.7 Å². The summed E-state index contributed by atoms with van der Waals surface area (Å²) in [5.41, 5.74) is 0.384. The lowest BCUT2D eigenvalue weighted by molar-refractivity contribution is -0.121. The summed E-state index contributed by atoms with van der Waals surface area (Å²) in [5, 5.41) is 7.90. The van der Waals surface area contributed by atoms with Crippen LogP contribution in [-0.2, 0) is 14.6 Å². The Morgan fingerprint density at radius 3 is 2.66 bits per heavy atom. The van der Waals surface area contributed by atoms with E-state index in [9.17, 15) is 18.0 Å². The highest BCUT2D eigenvalue weighted by atomic mass is 32.2. The van der Waals surface area contributed by atoms with Crippen molar-refractivity contribution < 1.29 is 22.7 Å². The van der Waals surface area contributed by atoms with Crippen LogP contribution in [0.2, 0.25) is 0 Å². The molecule has 3 amide bonds. The molecular weight excluding hydrogens is 396 g/mol. The second-order valence-electron chi connectivity index (χ2n) is 6.57. The maximum Gasteiger partial charge on any atom is 0.319 e. The molecule has 0 bridgehead atoms. The molecule has 1 aliphatic rings. The van der Waals surface area contributed by atoms with Crippen molar-refractivity contribution in [2.24, 2.45) is 0 Å². The molecule has 1 fully saturated rings. The maximum atomic E-state index is 12.1. The number of para-hydroxylation sites is 1. The Kier molecular flexibility index (Phi) is 6.65. The Hall–Kier alpha value is -3.14. The van der Waals surface area contributed by atoms with Gasteiger partial charge in [-0.15, -0.1) is 0 Å². The normalized spacial score (nSPS) is 17.3. The van der Waals surface area contributed by atoms with E-state index in [4.69, 9.17) is 4.74 Å². The number of ether oxygens (including phenoxy) is 1. The van der Waals surface area contributed by atoms with Gasteiger partial charge in [0.2, 0.25) is 11.8 Å². The summed E-state index contributed by atoms with van der Waals surface area (Å²) < 4.78 is 28.5. The molecule has 3 N–H and O–H groups in total. The van der Waals surface area contributed by atoms with Crippen LogP contribution in [0.3, 0.4) is 0 Å². The summed E-state index contributed by atoms with van der Waals surface area (Å²) in [6.45, 7) is 0.103. The fourth-order valence-electron chi connectivity index (χ4n) is 2.83. The molecule has 0 saturated carbocycles. The van der Waals surface area contributed by atoms with Crippen LogP contribution >= 0.6 is 0 Å². The van der Waals surface area contributed by atoms with Gasteiger partial charge in [0, 0.05) is 25.2 Å². The van der Waals surface area contributed by atoms with Gasteiger partial charge >= 0.3 is 6.03 Å². The molecular formula is C19H22N4O5S. The number of carbonyl (C=O) groups is 2. The van der Waals surface area contributed by atoms with Crippen molar-refractivity contribution in [3.05, 3.63) is 48.7 Å².